The molecule has 1 aliphatic heterocycles. The Bertz CT molecular complexity index is 583. The van der Waals surface area contributed by atoms with Crippen LogP contribution in [0.3, 0.4) is 0 Å². The third kappa shape index (κ3) is 1.62. The Morgan fingerprint density at radius 1 is 1.11 bits per heavy atom. The zero-order chi connectivity index (χ0) is 12.5. The highest BCUT2D eigenvalue weighted by Gasteiger charge is 2.28. The second kappa shape index (κ2) is 4.14. The fourth-order valence-electron chi connectivity index (χ4n) is 2.14. The second-order valence-electron chi connectivity index (χ2n) is 4.28. The molecule has 0 aliphatic carbocycles. The number of carbonyl (C=O) groups excluding carboxylic acids is 1. The monoisotopic (exact) mass is 239 g/mol. The molecule has 0 radical (unpaired) electrons. The molecule has 1 aliphatic rings. The zero-order valence-corrected chi connectivity index (χ0v) is 10.1. The number of nitrogens with zero attached hydrogens (tertiary/aromatic N) is 3. The molecule has 3 rings (SSSR count). The number of hydrogen-bond acceptors (Lipinski definition) is 3. The first-order valence-electron chi connectivity index (χ1n) is 5.80. The first-order chi connectivity index (χ1) is 8.77. The van der Waals surface area contributed by atoms with E-state index in [-0.39, 0.29) is 5.91 Å². The number of fused-ring (bicyclic) bond motifs is 1. The average Bonchev–Trinajstić information content (AvgIpc) is 2.44. The van der Waals surface area contributed by atoms with Crippen LogP contribution in [0, 0.1) is 0 Å². The molecule has 0 unspecified atom stereocenters. The van der Waals surface area contributed by atoms with Crippen molar-refractivity contribution >= 4 is 17.4 Å². The van der Waals surface area contributed by atoms with Gasteiger partial charge in [0.25, 0.3) is 5.91 Å². The van der Waals surface area contributed by atoms with Gasteiger partial charge in [-0.05, 0) is 24.3 Å². The molecule has 90 valence electrons. The van der Waals surface area contributed by atoms with Crippen LogP contribution in [-0.4, -0.2) is 29.5 Å². The van der Waals surface area contributed by atoms with Crippen LogP contribution in [0.4, 0.5) is 11.5 Å². The number of hydrogen-bond donors (Lipinski definition) is 0. The predicted molar refractivity (Wildman–Crippen MR) is 69.8 cm³/mol. The van der Waals surface area contributed by atoms with Crippen molar-refractivity contribution in [1.82, 2.24) is 9.88 Å². The first-order valence-corrected chi connectivity index (χ1v) is 5.80. The van der Waals surface area contributed by atoms with Crippen molar-refractivity contribution in [3.05, 3.63) is 54.2 Å². The van der Waals surface area contributed by atoms with E-state index in [9.17, 15) is 4.79 Å². The smallest absolute Gasteiger partial charge is 0.258 e. The van der Waals surface area contributed by atoms with Gasteiger partial charge in [0.15, 0.2) is 0 Å². The first kappa shape index (κ1) is 10.8. The summed E-state index contributed by atoms with van der Waals surface area (Å²) < 4.78 is 0. The molecule has 2 aromatic rings. The summed E-state index contributed by atoms with van der Waals surface area (Å²) >= 11 is 0. The van der Waals surface area contributed by atoms with Crippen LogP contribution in [0.25, 0.3) is 0 Å². The van der Waals surface area contributed by atoms with Gasteiger partial charge < -0.3 is 9.80 Å². The summed E-state index contributed by atoms with van der Waals surface area (Å²) in [6.45, 7) is 0.521. The summed E-state index contributed by atoms with van der Waals surface area (Å²) in [6.07, 6.45) is 1.72. The van der Waals surface area contributed by atoms with Gasteiger partial charge >= 0.3 is 0 Å². The minimum absolute atomic E-state index is 0.0188. The minimum atomic E-state index is 0.0188. The number of para-hydroxylation sites is 1. The van der Waals surface area contributed by atoms with Gasteiger partial charge in [0, 0.05) is 18.9 Å². The molecule has 18 heavy (non-hydrogen) atoms. The number of pyridine rings is 1. The third-order valence-corrected chi connectivity index (χ3v) is 3.04. The van der Waals surface area contributed by atoms with Gasteiger partial charge in [-0.2, -0.15) is 0 Å². The fourth-order valence-corrected chi connectivity index (χ4v) is 2.14. The van der Waals surface area contributed by atoms with Gasteiger partial charge in [0.2, 0.25) is 0 Å². The Morgan fingerprint density at radius 2 is 1.89 bits per heavy atom. The van der Waals surface area contributed by atoms with Crippen molar-refractivity contribution in [2.24, 2.45) is 0 Å². The normalized spacial score (nSPS) is 14.6. The van der Waals surface area contributed by atoms with Crippen LogP contribution in [0.1, 0.15) is 10.4 Å². The SMILES string of the molecule is CN1CN(c2ccccc2)c2ncccc2C1=O. The molecule has 0 saturated heterocycles. The Morgan fingerprint density at radius 3 is 2.67 bits per heavy atom. The van der Waals surface area contributed by atoms with E-state index >= 15 is 0 Å². The van der Waals surface area contributed by atoms with E-state index in [1.165, 1.54) is 0 Å². The number of aromatic nitrogens is 1. The molecule has 1 amide bonds. The molecule has 0 N–H and O–H groups in total. The van der Waals surface area contributed by atoms with Crippen molar-refractivity contribution in [2.45, 2.75) is 0 Å². The van der Waals surface area contributed by atoms with Gasteiger partial charge in [-0.1, -0.05) is 18.2 Å². The van der Waals surface area contributed by atoms with E-state index in [1.54, 1.807) is 24.2 Å². The molecule has 1 aromatic heterocycles. The lowest BCUT2D eigenvalue weighted by molar-refractivity contribution is 0.0786. The summed E-state index contributed by atoms with van der Waals surface area (Å²) in [5.41, 5.74) is 1.69. The minimum Gasteiger partial charge on any atom is -0.323 e. The van der Waals surface area contributed by atoms with Gasteiger partial charge in [-0.3, -0.25) is 4.79 Å². The summed E-state index contributed by atoms with van der Waals surface area (Å²) in [5.74, 6) is 0.747. The second-order valence-corrected chi connectivity index (χ2v) is 4.28. The van der Waals surface area contributed by atoms with Gasteiger partial charge in [-0.25, -0.2) is 4.98 Å². The Balaban J connectivity index is 2.13. The maximum atomic E-state index is 12.1. The Labute approximate surface area is 105 Å². The van der Waals surface area contributed by atoms with Crippen molar-refractivity contribution in [1.29, 1.82) is 0 Å². The zero-order valence-electron chi connectivity index (χ0n) is 10.1. The molecule has 0 atom stereocenters. The molecule has 0 bridgehead atoms. The summed E-state index contributed by atoms with van der Waals surface area (Å²) in [4.78, 5) is 20.1. The highest BCUT2D eigenvalue weighted by molar-refractivity contribution is 6.01. The summed E-state index contributed by atoms with van der Waals surface area (Å²) in [5, 5.41) is 0. The summed E-state index contributed by atoms with van der Waals surface area (Å²) in [7, 11) is 1.80. The Hall–Kier alpha value is -2.36. The average molecular weight is 239 g/mol. The van der Waals surface area contributed by atoms with E-state index in [0.717, 1.165) is 11.5 Å². The van der Waals surface area contributed by atoms with Crippen molar-refractivity contribution < 1.29 is 4.79 Å². The maximum absolute atomic E-state index is 12.1. The molecule has 0 spiro atoms. The van der Waals surface area contributed by atoms with Crippen LogP contribution in [0.5, 0.6) is 0 Å². The van der Waals surface area contributed by atoms with Crippen molar-refractivity contribution in [3.63, 3.8) is 0 Å². The fraction of sp³-hybridized carbons (Fsp3) is 0.143. The lowest BCUT2D eigenvalue weighted by atomic mass is 10.1. The van der Waals surface area contributed by atoms with Crippen LogP contribution in [-0.2, 0) is 0 Å². The third-order valence-electron chi connectivity index (χ3n) is 3.04. The highest BCUT2D eigenvalue weighted by Crippen LogP contribution is 2.30. The molecule has 4 heteroatoms. The quantitative estimate of drug-likeness (QED) is 0.766. The van der Waals surface area contributed by atoms with Gasteiger partial charge in [0.05, 0.1) is 12.2 Å². The molecule has 0 fully saturated rings. The number of rotatable bonds is 1. The standard InChI is InChI=1S/C14H13N3O/c1-16-10-17(11-6-3-2-4-7-11)13-12(14(16)18)8-5-9-15-13/h2-9H,10H2,1H3. The predicted octanol–water partition coefficient (Wildman–Crippen LogP) is 2.26. The van der Waals surface area contributed by atoms with Crippen LogP contribution in [0.2, 0.25) is 0 Å². The molecule has 0 saturated carbocycles. The largest absolute Gasteiger partial charge is 0.323 e. The maximum Gasteiger partial charge on any atom is 0.258 e. The van der Waals surface area contributed by atoms with Crippen molar-refractivity contribution in [3.8, 4) is 0 Å². The van der Waals surface area contributed by atoms with Crippen LogP contribution < -0.4 is 4.90 Å². The number of benzene rings is 1. The van der Waals surface area contributed by atoms with Crippen LogP contribution >= 0.6 is 0 Å². The number of anilines is 2. The van der Waals surface area contributed by atoms with E-state index < -0.39 is 0 Å². The van der Waals surface area contributed by atoms with Gasteiger partial charge in [0.1, 0.15) is 5.82 Å². The molecular formula is C14H13N3O. The van der Waals surface area contributed by atoms with Crippen molar-refractivity contribution in [2.75, 3.05) is 18.6 Å². The lowest BCUT2D eigenvalue weighted by Gasteiger charge is -2.34. The number of carbonyl (C=O) groups is 1. The highest BCUT2D eigenvalue weighted by atomic mass is 16.2. The topological polar surface area (TPSA) is 36.4 Å². The van der Waals surface area contributed by atoms with E-state index in [2.05, 4.69) is 4.98 Å². The van der Waals surface area contributed by atoms with Crippen LogP contribution in [0.15, 0.2) is 48.7 Å². The van der Waals surface area contributed by atoms with Gasteiger partial charge in [-0.15, -0.1) is 0 Å². The lowest BCUT2D eigenvalue weighted by Crippen LogP contribution is -2.42. The summed E-state index contributed by atoms with van der Waals surface area (Å²) in [6, 6.07) is 13.6. The molecule has 4 nitrogen and oxygen atoms in total. The van der Waals surface area contributed by atoms with E-state index in [1.807, 2.05) is 41.3 Å². The Kier molecular flexibility index (Phi) is 2.48. The number of amides is 1. The molecular weight excluding hydrogens is 226 g/mol. The molecule has 2 heterocycles. The van der Waals surface area contributed by atoms with E-state index in [4.69, 9.17) is 0 Å². The van der Waals surface area contributed by atoms with E-state index in [0.29, 0.717) is 12.2 Å². The molecule has 1 aromatic carbocycles.